The lowest BCUT2D eigenvalue weighted by atomic mass is 10.2. The number of amides is 1. The second-order valence-electron chi connectivity index (χ2n) is 3.36. The van der Waals surface area contributed by atoms with Gasteiger partial charge in [0.05, 0.1) is 18.4 Å². The monoisotopic (exact) mass is 261 g/mol. The van der Waals surface area contributed by atoms with Crippen LogP contribution in [0.1, 0.15) is 17.3 Å². The van der Waals surface area contributed by atoms with E-state index < -0.39 is 23.9 Å². The van der Waals surface area contributed by atoms with Gasteiger partial charge in [-0.3, -0.25) is 4.79 Å². The SMILES string of the molecule is COC(=O)c1cccc(N(C(C)=O)C(F)(F)F)c1. The van der Waals surface area contributed by atoms with Crippen molar-refractivity contribution >= 4 is 17.6 Å². The molecule has 0 bridgehead atoms. The summed E-state index contributed by atoms with van der Waals surface area (Å²) in [5, 5.41) is 0. The number of esters is 1. The Balaban J connectivity index is 3.22. The molecule has 0 N–H and O–H groups in total. The molecule has 0 aliphatic carbocycles. The van der Waals surface area contributed by atoms with E-state index in [4.69, 9.17) is 0 Å². The Morgan fingerprint density at radius 3 is 2.33 bits per heavy atom. The molecule has 0 aromatic heterocycles. The van der Waals surface area contributed by atoms with E-state index in [9.17, 15) is 22.8 Å². The summed E-state index contributed by atoms with van der Waals surface area (Å²) < 4.78 is 42.4. The molecule has 1 aromatic carbocycles. The molecule has 1 rings (SSSR count). The number of carbonyl (C=O) groups is 2. The van der Waals surface area contributed by atoms with Crippen molar-refractivity contribution in [2.45, 2.75) is 13.2 Å². The van der Waals surface area contributed by atoms with E-state index in [0.29, 0.717) is 0 Å². The number of hydrogen-bond donors (Lipinski definition) is 0. The first-order chi connectivity index (χ1) is 8.27. The molecule has 0 spiro atoms. The van der Waals surface area contributed by atoms with Crippen molar-refractivity contribution < 1.29 is 27.5 Å². The third-order valence-corrected chi connectivity index (χ3v) is 2.09. The number of ether oxygens (including phenoxy) is 1. The maximum atomic E-state index is 12.7. The van der Waals surface area contributed by atoms with Crippen molar-refractivity contribution in [3.8, 4) is 0 Å². The van der Waals surface area contributed by atoms with Crippen LogP contribution in [0, 0.1) is 0 Å². The standard InChI is InChI=1S/C11H10F3NO3/c1-7(16)15(11(12,13)14)9-5-3-4-8(6-9)10(17)18-2/h3-6H,1-2H3. The summed E-state index contributed by atoms with van der Waals surface area (Å²) in [7, 11) is 1.11. The maximum absolute atomic E-state index is 12.7. The first kappa shape index (κ1) is 14.0. The average Bonchev–Trinajstić information content (AvgIpc) is 2.26. The van der Waals surface area contributed by atoms with Gasteiger partial charge >= 0.3 is 12.3 Å². The average molecular weight is 261 g/mol. The van der Waals surface area contributed by atoms with Crippen molar-refractivity contribution in [2.24, 2.45) is 0 Å². The molecule has 0 atom stereocenters. The fraction of sp³-hybridized carbons (Fsp3) is 0.273. The molecule has 98 valence electrons. The topological polar surface area (TPSA) is 46.6 Å². The zero-order valence-corrected chi connectivity index (χ0v) is 9.62. The molecule has 1 aromatic rings. The smallest absolute Gasteiger partial charge is 0.465 e. The minimum absolute atomic E-state index is 0.0644. The maximum Gasteiger partial charge on any atom is 0.491 e. The van der Waals surface area contributed by atoms with Gasteiger partial charge in [-0.05, 0) is 18.2 Å². The van der Waals surface area contributed by atoms with Gasteiger partial charge in [0.25, 0.3) is 0 Å². The Labute approximate surface area is 101 Å². The highest BCUT2D eigenvalue weighted by molar-refractivity contribution is 5.95. The summed E-state index contributed by atoms with van der Waals surface area (Å²) in [4.78, 5) is 21.9. The van der Waals surface area contributed by atoms with Gasteiger partial charge in [0.15, 0.2) is 0 Å². The van der Waals surface area contributed by atoms with Crippen molar-refractivity contribution in [3.63, 3.8) is 0 Å². The van der Waals surface area contributed by atoms with Gasteiger partial charge in [-0.15, -0.1) is 13.2 Å². The van der Waals surface area contributed by atoms with Crippen molar-refractivity contribution in [3.05, 3.63) is 29.8 Å². The predicted octanol–water partition coefficient (Wildman–Crippen LogP) is 2.35. The second-order valence-corrected chi connectivity index (χ2v) is 3.36. The van der Waals surface area contributed by atoms with Gasteiger partial charge < -0.3 is 4.74 Å². The van der Waals surface area contributed by atoms with Crippen LogP contribution in [0.4, 0.5) is 18.9 Å². The van der Waals surface area contributed by atoms with E-state index in [0.717, 1.165) is 26.2 Å². The van der Waals surface area contributed by atoms with E-state index in [-0.39, 0.29) is 10.5 Å². The minimum atomic E-state index is -4.85. The number of hydrogen-bond acceptors (Lipinski definition) is 3. The van der Waals surface area contributed by atoms with Crippen LogP contribution in [0.2, 0.25) is 0 Å². The van der Waals surface area contributed by atoms with Gasteiger partial charge in [-0.2, -0.15) is 0 Å². The quantitative estimate of drug-likeness (QED) is 0.606. The lowest BCUT2D eigenvalue weighted by Gasteiger charge is -2.23. The van der Waals surface area contributed by atoms with Crippen LogP contribution < -0.4 is 4.90 Å². The van der Waals surface area contributed by atoms with E-state index >= 15 is 0 Å². The summed E-state index contributed by atoms with van der Waals surface area (Å²) >= 11 is 0. The Morgan fingerprint density at radius 2 is 1.89 bits per heavy atom. The molecular formula is C11H10F3NO3. The van der Waals surface area contributed by atoms with Crippen LogP contribution in [0.25, 0.3) is 0 Å². The van der Waals surface area contributed by atoms with Gasteiger partial charge in [0.1, 0.15) is 0 Å². The number of benzene rings is 1. The number of methoxy groups -OCH3 is 1. The summed E-state index contributed by atoms with van der Waals surface area (Å²) in [6.45, 7) is 0.790. The third-order valence-electron chi connectivity index (χ3n) is 2.09. The largest absolute Gasteiger partial charge is 0.491 e. The van der Waals surface area contributed by atoms with E-state index in [1.54, 1.807) is 0 Å². The van der Waals surface area contributed by atoms with Gasteiger partial charge in [-0.1, -0.05) is 6.07 Å². The molecule has 0 aliphatic heterocycles. The molecule has 1 amide bonds. The van der Waals surface area contributed by atoms with Gasteiger partial charge in [0.2, 0.25) is 5.91 Å². The number of carbonyl (C=O) groups excluding carboxylic acids is 2. The molecule has 0 heterocycles. The van der Waals surface area contributed by atoms with Crippen molar-refractivity contribution in [2.75, 3.05) is 12.0 Å². The highest BCUT2D eigenvalue weighted by atomic mass is 19.4. The number of nitrogens with zero attached hydrogens (tertiary/aromatic N) is 1. The molecular weight excluding hydrogens is 251 g/mol. The molecule has 0 radical (unpaired) electrons. The Kier molecular flexibility index (Phi) is 3.95. The predicted molar refractivity (Wildman–Crippen MR) is 57.0 cm³/mol. The summed E-state index contributed by atoms with van der Waals surface area (Å²) in [5.41, 5.74) is -0.497. The van der Waals surface area contributed by atoms with Crippen molar-refractivity contribution in [1.82, 2.24) is 0 Å². The lowest BCUT2D eigenvalue weighted by Crippen LogP contribution is -2.41. The molecule has 7 heteroatoms. The summed E-state index contributed by atoms with van der Waals surface area (Å²) in [5.74, 6) is -1.97. The lowest BCUT2D eigenvalue weighted by molar-refractivity contribution is -0.148. The normalized spacial score (nSPS) is 10.9. The van der Waals surface area contributed by atoms with Crippen LogP contribution in [-0.4, -0.2) is 25.3 Å². The summed E-state index contributed by atoms with van der Waals surface area (Å²) in [6.07, 6.45) is -4.85. The first-order valence-electron chi connectivity index (χ1n) is 4.83. The van der Waals surface area contributed by atoms with Crippen LogP contribution in [0.3, 0.4) is 0 Å². The number of halogens is 3. The molecule has 0 fully saturated rings. The zero-order valence-electron chi connectivity index (χ0n) is 9.62. The highest BCUT2D eigenvalue weighted by Crippen LogP contribution is 2.29. The number of alkyl halides is 3. The molecule has 0 aliphatic rings. The molecule has 0 saturated heterocycles. The second kappa shape index (κ2) is 5.07. The van der Waals surface area contributed by atoms with E-state index in [1.807, 2.05) is 0 Å². The molecule has 4 nitrogen and oxygen atoms in total. The summed E-state index contributed by atoms with van der Waals surface area (Å²) in [6, 6.07) is 4.56. The Bertz CT molecular complexity index is 471. The van der Waals surface area contributed by atoms with Crippen LogP contribution in [-0.2, 0) is 9.53 Å². The fourth-order valence-electron chi connectivity index (χ4n) is 1.40. The Morgan fingerprint density at radius 1 is 1.28 bits per heavy atom. The molecule has 18 heavy (non-hydrogen) atoms. The van der Waals surface area contributed by atoms with Gasteiger partial charge in [-0.25, -0.2) is 9.69 Å². The number of anilines is 1. The van der Waals surface area contributed by atoms with Crippen LogP contribution in [0.15, 0.2) is 24.3 Å². The Hall–Kier alpha value is -2.05. The van der Waals surface area contributed by atoms with Gasteiger partial charge in [0, 0.05) is 6.92 Å². The van der Waals surface area contributed by atoms with Crippen molar-refractivity contribution in [1.29, 1.82) is 0 Å². The number of rotatable bonds is 2. The van der Waals surface area contributed by atoms with E-state index in [1.165, 1.54) is 12.1 Å². The molecule has 0 unspecified atom stereocenters. The van der Waals surface area contributed by atoms with E-state index in [2.05, 4.69) is 4.74 Å². The zero-order chi connectivity index (χ0) is 13.9. The molecule has 0 saturated carbocycles. The third kappa shape index (κ3) is 2.99. The van der Waals surface area contributed by atoms with Crippen LogP contribution in [0.5, 0.6) is 0 Å². The fourth-order valence-corrected chi connectivity index (χ4v) is 1.40. The van der Waals surface area contributed by atoms with Crippen LogP contribution >= 0.6 is 0 Å². The first-order valence-corrected chi connectivity index (χ1v) is 4.83. The minimum Gasteiger partial charge on any atom is -0.465 e. The highest BCUT2D eigenvalue weighted by Gasteiger charge is 2.40.